The Labute approximate surface area is 91.1 Å². The third-order valence-electron chi connectivity index (χ3n) is 2.07. The van der Waals surface area contributed by atoms with E-state index in [0.29, 0.717) is 12.3 Å². The van der Waals surface area contributed by atoms with Crippen LogP contribution in [0.5, 0.6) is 0 Å². The number of aromatic nitrogens is 2. The van der Waals surface area contributed by atoms with Crippen LogP contribution in [0.15, 0.2) is 29.1 Å². The Morgan fingerprint density at radius 1 is 1.38 bits per heavy atom. The quantitative estimate of drug-likeness (QED) is 0.766. The Balaban J connectivity index is 2.50. The van der Waals surface area contributed by atoms with Gasteiger partial charge in [0.15, 0.2) is 5.69 Å². The lowest BCUT2D eigenvalue weighted by Crippen LogP contribution is -2.09. The number of fused-ring (bicyclic) bond motifs is 1. The molecule has 0 aliphatic heterocycles. The average molecular weight is 218 g/mol. The van der Waals surface area contributed by atoms with Gasteiger partial charge in [-0.15, -0.1) is 0 Å². The molecule has 5 nitrogen and oxygen atoms in total. The zero-order chi connectivity index (χ0) is 11.5. The summed E-state index contributed by atoms with van der Waals surface area (Å²) in [6.45, 7) is 2.02. The second-order valence-electron chi connectivity index (χ2n) is 3.18. The second kappa shape index (κ2) is 4.14. The molecule has 0 atom stereocenters. The van der Waals surface area contributed by atoms with E-state index in [-0.39, 0.29) is 11.3 Å². The van der Waals surface area contributed by atoms with E-state index in [1.165, 1.54) is 6.07 Å². The van der Waals surface area contributed by atoms with E-state index >= 15 is 0 Å². The van der Waals surface area contributed by atoms with Crippen LogP contribution in [0.2, 0.25) is 0 Å². The molecule has 0 spiro atoms. The smallest absolute Gasteiger partial charge is 0.356 e. The lowest BCUT2D eigenvalue weighted by molar-refractivity contribution is 0.0520. The molecule has 2 rings (SSSR count). The highest BCUT2D eigenvalue weighted by atomic mass is 16.5. The van der Waals surface area contributed by atoms with Gasteiger partial charge in [-0.1, -0.05) is 0 Å². The van der Waals surface area contributed by atoms with Gasteiger partial charge in [-0.25, -0.2) is 9.78 Å². The van der Waals surface area contributed by atoms with Gasteiger partial charge in [-0.2, -0.15) is 0 Å². The van der Waals surface area contributed by atoms with E-state index in [1.54, 1.807) is 25.1 Å². The average Bonchev–Trinajstić information content (AvgIpc) is 2.28. The van der Waals surface area contributed by atoms with Crippen LogP contribution in [-0.4, -0.2) is 22.5 Å². The first-order chi connectivity index (χ1) is 7.70. The van der Waals surface area contributed by atoms with Crippen molar-refractivity contribution in [3.63, 3.8) is 0 Å². The van der Waals surface area contributed by atoms with E-state index in [9.17, 15) is 9.59 Å². The highest BCUT2D eigenvalue weighted by Crippen LogP contribution is 2.08. The number of nitrogens with one attached hydrogen (secondary N) is 1. The summed E-state index contributed by atoms with van der Waals surface area (Å²) in [4.78, 5) is 29.1. The van der Waals surface area contributed by atoms with Crippen molar-refractivity contribution in [2.75, 3.05) is 6.61 Å². The molecular weight excluding hydrogens is 208 g/mol. The summed E-state index contributed by atoms with van der Waals surface area (Å²) in [6.07, 6.45) is 0. The van der Waals surface area contributed by atoms with Crippen molar-refractivity contribution in [2.24, 2.45) is 0 Å². The number of ether oxygens (including phenoxy) is 1. The van der Waals surface area contributed by atoms with Crippen molar-refractivity contribution in [2.45, 2.75) is 6.92 Å². The highest BCUT2D eigenvalue weighted by Gasteiger charge is 2.08. The summed E-state index contributed by atoms with van der Waals surface area (Å²) >= 11 is 0. The molecule has 0 unspecified atom stereocenters. The van der Waals surface area contributed by atoms with E-state index in [1.807, 2.05) is 0 Å². The van der Waals surface area contributed by atoms with Crippen LogP contribution in [0.1, 0.15) is 17.4 Å². The van der Waals surface area contributed by atoms with E-state index in [0.717, 1.165) is 5.39 Å². The number of hydrogen-bond acceptors (Lipinski definition) is 4. The summed E-state index contributed by atoms with van der Waals surface area (Å²) < 4.78 is 4.81. The number of rotatable bonds is 2. The molecule has 0 fully saturated rings. The summed E-state index contributed by atoms with van der Waals surface area (Å²) in [7, 11) is 0. The van der Waals surface area contributed by atoms with E-state index < -0.39 is 5.97 Å². The minimum atomic E-state index is -0.492. The fraction of sp³-hybridized carbons (Fsp3) is 0.182. The number of aromatic amines is 1. The number of nitrogens with zero attached hydrogens (tertiary/aromatic N) is 1. The number of esters is 1. The molecule has 2 aromatic rings. The van der Waals surface area contributed by atoms with E-state index in [4.69, 9.17) is 4.74 Å². The van der Waals surface area contributed by atoms with Gasteiger partial charge in [0.25, 0.3) is 0 Å². The number of H-pyrrole nitrogens is 1. The SMILES string of the molecule is CCOC(=O)c1ccc2ccc(=O)[nH]c2n1. The lowest BCUT2D eigenvalue weighted by Gasteiger charge is -2.02. The third-order valence-corrected chi connectivity index (χ3v) is 2.07. The topological polar surface area (TPSA) is 72.1 Å². The standard InChI is InChI=1S/C11H10N2O3/c1-2-16-11(15)8-5-3-7-4-6-9(14)13-10(7)12-8/h3-6H,2H2,1H3,(H,12,13,14). The number of hydrogen-bond donors (Lipinski definition) is 1. The molecule has 0 saturated carbocycles. The molecule has 16 heavy (non-hydrogen) atoms. The molecule has 0 saturated heterocycles. The summed E-state index contributed by atoms with van der Waals surface area (Å²) in [5, 5.41) is 0.771. The molecule has 82 valence electrons. The van der Waals surface area contributed by atoms with Crippen LogP contribution < -0.4 is 5.56 Å². The maximum atomic E-state index is 11.4. The summed E-state index contributed by atoms with van der Waals surface area (Å²) in [5.74, 6) is -0.492. The molecule has 0 aliphatic carbocycles. The second-order valence-corrected chi connectivity index (χ2v) is 3.18. The number of carbonyl (C=O) groups excluding carboxylic acids is 1. The third kappa shape index (κ3) is 1.93. The molecule has 2 heterocycles. The Morgan fingerprint density at radius 3 is 2.88 bits per heavy atom. The highest BCUT2D eigenvalue weighted by molar-refractivity contribution is 5.90. The molecule has 5 heteroatoms. The molecule has 0 bridgehead atoms. The zero-order valence-corrected chi connectivity index (χ0v) is 8.69. The Kier molecular flexibility index (Phi) is 2.68. The van der Waals surface area contributed by atoms with Crippen LogP contribution in [0.4, 0.5) is 0 Å². The van der Waals surface area contributed by atoms with Gasteiger partial charge >= 0.3 is 5.97 Å². The largest absolute Gasteiger partial charge is 0.461 e. The summed E-state index contributed by atoms with van der Waals surface area (Å²) in [6, 6.07) is 6.34. The van der Waals surface area contributed by atoms with Gasteiger partial charge < -0.3 is 9.72 Å². The fourth-order valence-electron chi connectivity index (χ4n) is 1.35. The van der Waals surface area contributed by atoms with Crippen molar-refractivity contribution in [1.82, 2.24) is 9.97 Å². The van der Waals surface area contributed by atoms with Crippen LogP contribution in [0.3, 0.4) is 0 Å². The van der Waals surface area contributed by atoms with Gasteiger partial charge in [0.05, 0.1) is 6.61 Å². The van der Waals surface area contributed by atoms with Crippen LogP contribution in [0.25, 0.3) is 11.0 Å². The van der Waals surface area contributed by atoms with Gasteiger partial charge in [0.1, 0.15) is 5.65 Å². The molecule has 2 aromatic heterocycles. The molecular formula is C11H10N2O3. The van der Waals surface area contributed by atoms with Crippen molar-refractivity contribution in [3.8, 4) is 0 Å². The van der Waals surface area contributed by atoms with Crippen LogP contribution in [0, 0.1) is 0 Å². The lowest BCUT2D eigenvalue weighted by atomic mass is 10.2. The minimum Gasteiger partial charge on any atom is -0.461 e. The maximum absolute atomic E-state index is 11.4. The van der Waals surface area contributed by atoms with E-state index in [2.05, 4.69) is 9.97 Å². The maximum Gasteiger partial charge on any atom is 0.356 e. The molecule has 1 N–H and O–H groups in total. The van der Waals surface area contributed by atoms with Gasteiger partial charge in [-0.3, -0.25) is 4.79 Å². The van der Waals surface area contributed by atoms with Crippen LogP contribution >= 0.6 is 0 Å². The monoisotopic (exact) mass is 218 g/mol. The first-order valence-electron chi connectivity index (χ1n) is 4.88. The molecule has 0 aromatic carbocycles. The predicted molar refractivity (Wildman–Crippen MR) is 58.3 cm³/mol. The Bertz CT molecular complexity index is 589. The first-order valence-corrected chi connectivity index (χ1v) is 4.88. The van der Waals surface area contributed by atoms with Crippen molar-refractivity contribution >= 4 is 17.0 Å². The van der Waals surface area contributed by atoms with Gasteiger partial charge in [0.2, 0.25) is 5.56 Å². The fourth-order valence-corrected chi connectivity index (χ4v) is 1.35. The van der Waals surface area contributed by atoms with Crippen molar-refractivity contribution in [1.29, 1.82) is 0 Å². The van der Waals surface area contributed by atoms with Gasteiger partial charge in [-0.05, 0) is 25.1 Å². The van der Waals surface area contributed by atoms with Crippen molar-refractivity contribution in [3.05, 3.63) is 40.3 Å². The normalized spacial score (nSPS) is 10.3. The summed E-state index contributed by atoms with van der Waals surface area (Å²) in [5.41, 5.74) is 0.329. The van der Waals surface area contributed by atoms with Crippen LogP contribution in [-0.2, 0) is 4.74 Å². The molecule has 0 radical (unpaired) electrons. The minimum absolute atomic E-state index is 0.191. The molecule has 0 aliphatic rings. The van der Waals surface area contributed by atoms with Gasteiger partial charge in [0, 0.05) is 11.5 Å². The Hall–Kier alpha value is -2.17. The number of pyridine rings is 2. The number of carbonyl (C=O) groups is 1. The zero-order valence-electron chi connectivity index (χ0n) is 8.69. The predicted octanol–water partition coefficient (Wildman–Crippen LogP) is 1.10. The first kappa shape index (κ1) is 10.4. The molecule has 0 amide bonds. The van der Waals surface area contributed by atoms with Crippen molar-refractivity contribution < 1.29 is 9.53 Å². The Morgan fingerprint density at radius 2 is 2.12 bits per heavy atom.